The molecule has 4 rings (SSSR count). The number of halogens is 2. The van der Waals surface area contributed by atoms with E-state index < -0.39 is 0 Å². The highest BCUT2D eigenvalue weighted by Gasteiger charge is 2.18. The van der Waals surface area contributed by atoms with Crippen LogP contribution in [0.5, 0.6) is 0 Å². The molecule has 29 heavy (non-hydrogen) atoms. The Morgan fingerprint density at radius 3 is 2.52 bits per heavy atom. The summed E-state index contributed by atoms with van der Waals surface area (Å²) in [5, 5.41) is 8.39. The number of nitrogens with zero attached hydrogens (tertiary/aromatic N) is 3. The first-order valence-corrected chi connectivity index (χ1v) is 9.65. The Kier molecular flexibility index (Phi) is 5.60. The summed E-state index contributed by atoms with van der Waals surface area (Å²) >= 11 is 12.2. The predicted octanol–water partition coefficient (Wildman–Crippen LogP) is 5.17. The molecule has 0 fully saturated rings. The van der Waals surface area contributed by atoms with Crippen LogP contribution in [-0.2, 0) is 6.54 Å². The summed E-state index contributed by atoms with van der Waals surface area (Å²) < 4.78 is 1.57. The lowest BCUT2D eigenvalue weighted by Gasteiger charge is -2.09. The smallest absolute Gasteiger partial charge is 0.270 e. The lowest BCUT2D eigenvalue weighted by atomic mass is 10.1. The molecule has 0 spiro atoms. The highest BCUT2D eigenvalue weighted by Crippen LogP contribution is 2.27. The Balaban J connectivity index is 1.71. The monoisotopic (exact) mass is 422 g/mol. The van der Waals surface area contributed by atoms with Crippen LogP contribution in [0.3, 0.4) is 0 Å². The third-order valence-electron chi connectivity index (χ3n) is 4.34. The number of pyridine rings is 1. The zero-order chi connectivity index (χ0) is 20.2. The Morgan fingerprint density at radius 2 is 1.79 bits per heavy atom. The van der Waals surface area contributed by atoms with Gasteiger partial charge >= 0.3 is 0 Å². The molecule has 0 aliphatic heterocycles. The summed E-state index contributed by atoms with van der Waals surface area (Å²) in [5.74, 6) is -0.255. The maximum Gasteiger partial charge on any atom is 0.270 e. The maximum atomic E-state index is 13.0. The Bertz CT molecular complexity index is 1140. The van der Waals surface area contributed by atoms with Crippen molar-refractivity contribution in [3.05, 3.63) is 100 Å². The minimum absolute atomic E-state index is 0.255. The summed E-state index contributed by atoms with van der Waals surface area (Å²) in [6, 6.07) is 20.3. The Labute approximate surface area is 177 Å². The molecule has 2 aromatic heterocycles. The number of nitrogens with one attached hydrogen (secondary N) is 1. The van der Waals surface area contributed by atoms with Gasteiger partial charge in [-0.15, -0.1) is 0 Å². The van der Waals surface area contributed by atoms with Gasteiger partial charge in [-0.1, -0.05) is 59.6 Å². The largest absolute Gasteiger partial charge is 0.347 e. The number of aromatic nitrogens is 3. The molecule has 0 saturated carbocycles. The normalized spacial score (nSPS) is 10.7. The third-order valence-corrected chi connectivity index (χ3v) is 5.07. The molecule has 1 amide bonds. The van der Waals surface area contributed by atoms with E-state index in [-0.39, 0.29) is 5.91 Å². The van der Waals surface area contributed by atoms with E-state index in [9.17, 15) is 4.79 Å². The number of amides is 1. The topological polar surface area (TPSA) is 59.8 Å². The SMILES string of the molecule is O=C(NCc1cccnc1)c1cc(-c2ccccc2)nn1-c1ccc(Cl)c(Cl)c1. The second-order valence-electron chi connectivity index (χ2n) is 6.34. The molecule has 144 valence electrons. The molecule has 4 aromatic rings. The molecule has 2 heterocycles. The van der Waals surface area contributed by atoms with Crippen LogP contribution in [0.25, 0.3) is 16.9 Å². The van der Waals surface area contributed by atoms with E-state index in [4.69, 9.17) is 23.2 Å². The molecular weight excluding hydrogens is 407 g/mol. The fourth-order valence-corrected chi connectivity index (χ4v) is 3.17. The van der Waals surface area contributed by atoms with Crippen molar-refractivity contribution < 1.29 is 4.79 Å². The van der Waals surface area contributed by atoms with Gasteiger partial charge in [0.25, 0.3) is 5.91 Å². The van der Waals surface area contributed by atoms with Crippen molar-refractivity contribution in [2.45, 2.75) is 6.54 Å². The van der Waals surface area contributed by atoms with Gasteiger partial charge in [0.2, 0.25) is 0 Å². The van der Waals surface area contributed by atoms with Crippen LogP contribution < -0.4 is 5.32 Å². The molecule has 0 unspecified atom stereocenters. The minimum Gasteiger partial charge on any atom is -0.347 e. The number of rotatable bonds is 5. The Morgan fingerprint density at radius 1 is 0.966 bits per heavy atom. The standard InChI is InChI=1S/C22H16Cl2N4O/c23-18-9-8-17(11-19(18)24)28-21(12-20(27-28)16-6-2-1-3-7-16)22(29)26-14-15-5-4-10-25-13-15/h1-13H,14H2,(H,26,29). The van der Waals surface area contributed by atoms with Crippen LogP contribution in [0.15, 0.2) is 79.1 Å². The fourth-order valence-electron chi connectivity index (χ4n) is 2.88. The number of hydrogen-bond donors (Lipinski definition) is 1. The van der Waals surface area contributed by atoms with E-state index in [1.54, 1.807) is 41.3 Å². The van der Waals surface area contributed by atoms with Crippen LogP contribution >= 0.6 is 23.2 Å². The lowest BCUT2D eigenvalue weighted by molar-refractivity contribution is 0.0943. The van der Waals surface area contributed by atoms with Crippen molar-refractivity contribution in [3.8, 4) is 16.9 Å². The van der Waals surface area contributed by atoms with E-state index in [1.807, 2.05) is 42.5 Å². The van der Waals surface area contributed by atoms with Crippen molar-refractivity contribution in [2.24, 2.45) is 0 Å². The second-order valence-corrected chi connectivity index (χ2v) is 7.15. The zero-order valence-electron chi connectivity index (χ0n) is 15.2. The van der Waals surface area contributed by atoms with Gasteiger partial charge in [-0.3, -0.25) is 9.78 Å². The molecule has 0 atom stereocenters. The molecule has 0 radical (unpaired) electrons. The van der Waals surface area contributed by atoms with Crippen molar-refractivity contribution >= 4 is 29.1 Å². The second kappa shape index (κ2) is 8.47. The first-order valence-electron chi connectivity index (χ1n) is 8.90. The summed E-state index contributed by atoms with van der Waals surface area (Å²) in [6.07, 6.45) is 3.41. The molecule has 5 nitrogen and oxygen atoms in total. The number of carbonyl (C=O) groups excluding carboxylic acids is 1. The predicted molar refractivity (Wildman–Crippen MR) is 114 cm³/mol. The summed E-state index contributed by atoms with van der Waals surface area (Å²) in [4.78, 5) is 17.0. The van der Waals surface area contributed by atoms with Crippen LogP contribution in [0, 0.1) is 0 Å². The van der Waals surface area contributed by atoms with E-state index in [2.05, 4.69) is 15.4 Å². The van der Waals surface area contributed by atoms with Gasteiger partial charge in [-0.05, 0) is 35.9 Å². The molecule has 0 aliphatic carbocycles. The van der Waals surface area contributed by atoms with E-state index in [0.29, 0.717) is 33.7 Å². The van der Waals surface area contributed by atoms with Crippen molar-refractivity contribution in [1.29, 1.82) is 0 Å². The Hall–Kier alpha value is -3.15. The first-order chi connectivity index (χ1) is 14.1. The summed E-state index contributed by atoms with van der Waals surface area (Å²) in [5.41, 5.74) is 3.54. The molecular formula is C22H16Cl2N4O. The van der Waals surface area contributed by atoms with Crippen molar-refractivity contribution in [1.82, 2.24) is 20.1 Å². The summed E-state index contributed by atoms with van der Waals surface area (Å²) in [6.45, 7) is 0.361. The highest BCUT2D eigenvalue weighted by atomic mass is 35.5. The average molecular weight is 423 g/mol. The van der Waals surface area contributed by atoms with Gasteiger partial charge < -0.3 is 5.32 Å². The van der Waals surface area contributed by atoms with Crippen LogP contribution in [0.4, 0.5) is 0 Å². The average Bonchev–Trinajstić information content (AvgIpc) is 3.21. The summed E-state index contributed by atoms with van der Waals surface area (Å²) in [7, 11) is 0. The number of hydrogen-bond acceptors (Lipinski definition) is 3. The van der Waals surface area contributed by atoms with Crippen LogP contribution in [0.2, 0.25) is 10.0 Å². The van der Waals surface area contributed by atoms with E-state index >= 15 is 0 Å². The van der Waals surface area contributed by atoms with Gasteiger partial charge in [0.15, 0.2) is 0 Å². The van der Waals surface area contributed by atoms with E-state index in [0.717, 1.165) is 11.1 Å². The molecule has 7 heteroatoms. The molecule has 2 aromatic carbocycles. The van der Waals surface area contributed by atoms with E-state index in [1.165, 1.54) is 0 Å². The molecule has 0 saturated heterocycles. The van der Waals surface area contributed by atoms with Crippen molar-refractivity contribution in [3.63, 3.8) is 0 Å². The van der Waals surface area contributed by atoms with Crippen molar-refractivity contribution in [2.75, 3.05) is 0 Å². The van der Waals surface area contributed by atoms with Crippen LogP contribution in [0.1, 0.15) is 16.1 Å². The van der Waals surface area contributed by atoms with Gasteiger partial charge in [0.05, 0.1) is 21.4 Å². The number of benzene rings is 2. The number of carbonyl (C=O) groups is 1. The minimum atomic E-state index is -0.255. The zero-order valence-corrected chi connectivity index (χ0v) is 16.7. The molecule has 0 aliphatic rings. The molecule has 1 N–H and O–H groups in total. The fraction of sp³-hybridized carbons (Fsp3) is 0.0455. The van der Waals surface area contributed by atoms with Gasteiger partial charge in [0, 0.05) is 24.5 Å². The first kappa shape index (κ1) is 19.2. The molecule has 0 bridgehead atoms. The van der Waals surface area contributed by atoms with Crippen LogP contribution in [-0.4, -0.2) is 20.7 Å². The van der Waals surface area contributed by atoms with Gasteiger partial charge in [-0.25, -0.2) is 4.68 Å². The quantitative estimate of drug-likeness (QED) is 0.482. The third kappa shape index (κ3) is 4.31. The highest BCUT2D eigenvalue weighted by molar-refractivity contribution is 6.42. The maximum absolute atomic E-state index is 13.0. The van der Waals surface area contributed by atoms with Gasteiger partial charge in [-0.2, -0.15) is 5.10 Å². The lowest BCUT2D eigenvalue weighted by Crippen LogP contribution is -2.25. The van der Waals surface area contributed by atoms with Gasteiger partial charge in [0.1, 0.15) is 5.69 Å².